The number of pyridine rings is 1. The van der Waals surface area contributed by atoms with Gasteiger partial charge in [0.25, 0.3) is 11.8 Å². The van der Waals surface area contributed by atoms with Crippen LogP contribution < -0.4 is 10.6 Å². The van der Waals surface area contributed by atoms with Gasteiger partial charge in [-0.3, -0.25) is 24.7 Å². The van der Waals surface area contributed by atoms with E-state index >= 15 is 0 Å². The molecule has 186 valence electrons. The zero-order valence-electron chi connectivity index (χ0n) is 19.8. The van der Waals surface area contributed by atoms with Crippen molar-refractivity contribution in [2.75, 3.05) is 10.6 Å². The van der Waals surface area contributed by atoms with Crippen molar-refractivity contribution >= 4 is 51.5 Å². The van der Waals surface area contributed by atoms with Gasteiger partial charge in [0.1, 0.15) is 6.04 Å². The van der Waals surface area contributed by atoms with E-state index in [1.54, 1.807) is 60.9 Å². The molecule has 37 heavy (non-hydrogen) atoms. The Morgan fingerprint density at radius 2 is 1.92 bits per heavy atom. The Hall–Kier alpha value is -4.08. The summed E-state index contributed by atoms with van der Waals surface area (Å²) >= 11 is 7.53. The number of hydrogen-bond acceptors (Lipinski definition) is 6. The monoisotopic (exact) mass is 531 g/mol. The fourth-order valence-electron chi connectivity index (χ4n) is 4.10. The van der Waals surface area contributed by atoms with Gasteiger partial charge in [-0.1, -0.05) is 29.8 Å². The van der Waals surface area contributed by atoms with E-state index < -0.39 is 6.04 Å². The number of carbonyl (C=O) groups excluding carboxylic acids is 3. The van der Waals surface area contributed by atoms with Crippen LogP contribution in [0.4, 0.5) is 10.8 Å². The van der Waals surface area contributed by atoms with Crippen molar-refractivity contribution < 1.29 is 14.4 Å². The van der Waals surface area contributed by atoms with Crippen LogP contribution in [0.5, 0.6) is 0 Å². The van der Waals surface area contributed by atoms with Crippen LogP contribution in [-0.4, -0.2) is 38.6 Å². The maximum Gasteiger partial charge on any atom is 0.257 e. The number of rotatable bonds is 6. The highest BCUT2D eigenvalue weighted by atomic mass is 35.5. The molecule has 0 spiro atoms. The van der Waals surface area contributed by atoms with Gasteiger partial charge in [0.15, 0.2) is 5.13 Å². The molecule has 1 unspecified atom stereocenters. The molecule has 10 heteroatoms. The Kier molecular flexibility index (Phi) is 6.98. The van der Waals surface area contributed by atoms with Crippen LogP contribution in [0.2, 0.25) is 5.02 Å². The zero-order valence-corrected chi connectivity index (χ0v) is 21.3. The summed E-state index contributed by atoms with van der Waals surface area (Å²) < 4.78 is 0. The first-order valence-electron chi connectivity index (χ1n) is 11.5. The summed E-state index contributed by atoms with van der Waals surface area (Å²) in [4.78, 5) is 50.7. The molecule has 2 aromatic carbocycles. The molecule has 0 saturated carbocycles. The van der Waals surface area contributed by atoms with Crippen molar-refractivity contribution in [3.05, 3.63) is 105 Å². The van der Waals surface area contributed by atoms with Crippen molar-refractivity contribution in [1.82, 2.24) is 14.9 Å². The maximum absolute atomic E-state index is 13.7. The molecule has 4 aromatic rings. The molecule has 1 aliphatic rings. The second-order valence-corrected chi connectivity index (χ2v) is 10.3. The van der Waals surface area contributed by atoms with Crippen molar-refractivity contribution in [2.45, 2.75) is 25.9 Å². The minimum Gasteiger partial charge on any atom is -0.323 e. The molecule has 2 N–H and O–H groups in total. The van der Waals surface area contributed by atoms with Gasteiger partial charge >= 0.3 is 0 Å². The molecule has 1 aliphatic heterocycles. The number of benzene rings is 2. The third-order valence-corrected chi connectivity index (χ3v) is 7.01. The average Bonchev–Trinajstić information content (AvgIpc) is 3.27. The van der Waals surface area contributed by atoms with E-state index in [1.807, 2.05) is 19.1 Å². The number of carbonyl (C=O) groups is 3. The van der Waals surface area contributed by atoms with Gasteiger partial charge in [0, 0.05) is 46.5 Å². The first kappa shape index (κ1) is 24.6. The number of amides is 3. The summed E-state index contributed by atoms with van der Waals surface area (Å²) in [6.45, 7) is 2.08. The fourth-order valence-corrected chi connectivity index (χ4v) is 4.93. The van der Waals surface area contributed by atoms with Gasteiger partial charge in [-0.25, -0.2) is 4.98 Å². The number of aryl methyl sites for hydroxylation is 1. The molecule has 0 saturated heterocycles. The highest BCUT2D eigenvalue weighted by molar-refractivity contribution is 7.15. The number of aromatic nitrogens is 2. The molecule has 3 amide bonds. The number of hydrogen-bond donors (Lipinski definition) is 2. The first-order chi connectivity index (χ1) is 17.9. The molecular formula is C27H22ClN5O3S. The second kappa shape index (κ2) is 10.5. The molecule has 5 rings (SSSR count). The first-order valence-corrected chi connectivity index (χ1v) is 12.7. The third kappa shape index (κ3) is 5.52. The van der Waals surface area contributed by atoms with Crippen LogP contribution >= 0.6 is 22.9 Å². The second-order valence-electron chi connectivity index (χ2n) is 8.58. The lowest BCUT2D eigenvalue weighted by Crippen LogP contribution is -2.46. The van der Waals surface area contributed by atoms with Gasteiger partial charge in [-0.15, -0.1) is 11.3 Å². The van der Waals surface area contributed by atoms with E-state index in [-0.39, 0.29) is 30.7 Å². The minimum atomic E-state index is -0.801. The summed E-state index contributed by atoms with van der Waals surface area (Å²) in [7, 11) is 0. The van der Waals surface area contributed by atoms with Gasteiger partial charge < -0.3 is 10.2 Å². The normalized spacial score (nSPS) is 15.1. The topological polar surface area (TPSA) is 104 Å². The Morgan fingerprint density at radius 3 is 2.62 bits per heavy atom. The molecule has 0 bridgehead atoms. The third-order valence-electron chi connectivity index (χ3n) is 5.95. The quantitative estimate of drug-likeness (QED) is 0.366. The van der Waals surface area contributed by atoms with E-state index in [1.165, 1.54) is 16.2 Å². The molecular weight excluding hydrogens is 510 g/mol. The van der Waals surface area contributed by atoms with Gasteiger partial charge in [-0.2, -0.15) is 0 Å². The molecule has 3 heterocycles. The van der Waals surface area contributed by atoms with Crippen molar-refractivity contribution in [1.29, 1.82) is 0 Å². The van der Waals surface area contributed by atoms with Crippen LogP contribution in [0.25, 0.3) is 0 Å². The Balaban J connectivity index is 1.42. The largest absolute Gasteiger partial charge is 0.323 e. The standard InChI is InChI=1S/C27H22ClN5O3S/c1-16-14-30-27(37-16)32-24(34)18-7-5-17(6-8-18)15-33-23(13-20-4-2-3-11-29-20)25(35)31-22-12-19(28)9-10-21(22)26(33)36/h2-12,14,23H,13,15H2,1H3,(H,31,35)(H,30,32,34). The van der Waals surface area contributed by atoms with E-state index in [0.29, 0.717) is 32.7 Å². The van der Waals surface area contributed by atoms with Crippen molar-refractivity contribution in [3.8, 4) is 0 Å². The predicted octanol–water partition coefficient (Wildman–Crippen LogP) is 4.96. The van der Waals surface area contributed by atoms with Gasteiger partial charge in [0.05, 0.1) is 11.3 Å². The van der Waals surface area contributed by atoms with Gasteiger partial charge in [0.2, 0.25) is 5.91 Å². The van der Waals surface area contributed by atoms with Crippen LogP contribution in [0.3, 0.4) is 0 Å². The summed E-state index contributed by atoms with van der Waals surface area (Å²) in [5, 5.41) is 6.59. The van der Waals surface area contributed by atoms with Crippen molar-refractivity contribution in [2.24, 2.45) is 0 Å². The number of fused-ring (bicyclic) bond motifs is 1. The zero-order chi connectivity index (χ0) is 25.9. The molecule has 1 atom stereocenters. The highest BCUT2D eigenvalue weighted by Gasteiger charge is 2.36. The van der Waals surface area contributed by atoms with Crippen LogP contribution in [-0.2, 0) is 17.8 Å². The van der Waals surface area contributed by atoms with Crippen molar-refractivity contribution in [3.63, 3.8) is 0 Å². The fraction of sp³-hybridized carbons (Fsp3) is 0.148. The SMILES string of the molecule is Cc1cnc(NC(=O)c2ccc(CN3C(=O)c4ccc(Cl)cc4NC(=O)C3Cc3ccccn3)cc2)s1. The van der Waals surface area contributed by atoms with E-state index in [0.717, 1.165) is 10.4 Å². The summed E-state index contributed by atoms with van der Waals surface area (Å²) in [5.41, 5.74) is 2.65. The Labute approximate surface area is 222 Å². The van der Waals surface area contributed by atoms with Crippen LogP contribution in [0, 0.1) is 6.92 Å². The lowest BCUT2D eigenvalue weighted by molar-refractivity contribution is -0.120. The summed E-state index contributed by atoms with van der Waals surface area (Å²) in [6.07, 6.45) is 3.60. The Bertz CT molecular complexity index is 1470. The highest BCUT2D eigenvalue weighted by Crippen LogP contribution is 2.29. The van der Waals surface area contributed by atoms with Crippen LogP contribution in [0.1, 0.15) is 36.9 Å². The lowest BCUT2D eigenvalue weighted by atomic mass is 10.0. The average molecular weight is 532 g/mol. The van der Waals surface area contributed by atoms with E-state index in [4.69, 9.17) is 11.6 Å². The number of anilines is 2. The number of thiazole rings is 1. The Morgan fingerprint density at radius 1 is 1.11 bits per heavy atom. The minimum absolute atomic E-state index is 0.166. The smallest absolute Gasteiger partial charge is 0.257 e. The molecule has 0 aliphatic carbocycles. The number of nitrogens with zero attached hydrogens (tertiary/aromatic N) is 3. The van der Waals surface area contributed by atoms with E-state index in [2.05, 4.69) is 20.6 Å². The molecule has 0 radical (unpaired) electrons. The summed E-state index contributed by atoms with van der Waals surface area (Å²) in [6, 6.07) is 16.4. The number of nitrogens with one attached hydrogen (secondary N) is 2. The molecule has 0 fully saturated rings. The van der Waals surface area contributed by atoms with Crippen LogP contribution in [0.15, 0.2) is 73.1 Å². The molecule has 2 aromatic heterocycles. The number of halogens is 1. The molecule has 8 nitrogen and oxygen atoms in total. The predicted molar refractivity (Wildman–Crippen MR) is 143 cm³/mol. The maximum atomic E-state index is 13.7. The van der Waals surface area contributed by atoms with Gasteiger partial charge in [-0.05, 0) is 55.0 Å². The van der Waals surface area contributed by atoms with E-state index in [9.17, 15) is 14.4 Å². The lowest BCUT2D eigenvalue weighted by Gasteiger charge is -2.28. The summed E-state index contributed by atoms with van der Waals surface area (Å²) in [5.74, 6) is -0.897.